The largest absolute Gasteiger partial charge is 0.298 e. The van der Waals surface area contributed by atoms with Crippen molar-refractivity contribution in [2.45, 2.75) is 43.3 Å². The Balaban J connectivity index is 0. The molecule has 0 N–H and O–H groups in total. The minimum atomic E-state index is -0.410. The molecule has 2 nitrogen and oxygen atoms in total. The molecule has 0 aromatic heterocycles. The first-order chi connectivity index (χ1) is 5.89. The van der Waals surface area contributed by atoms with Gasteiger partial charge in [0.1, 0.15) is 5.78 Å². The van der Waals surface area contributed by atoms with E-state index >= 15 is 0 Å². The van der Waals surface area contributed by atoms with E-state index in [9.17, 15) is 9.59 Å². The maximum Gasteiger partial charge on any atom is 0.213 e. The molecule has 5 heteroatoms. The molecule has 0 rings (SSSR count). The van der Waals surface area contributed by atoms with Gasteiger partial charge in [-0.2, -0.15) is 0 Å². The first-order valence-corrected chi connectivity index (χ1v) is 6.35. The van der Waals surface area contributed by atoms with Gasteiger partial charge in [0.15, 0.2) is 0 Å². The first kappa shape index (κ1) is 17.2. The lowest BCUT2D eigenvalue weighted by Crippen LogP contribution is -2.19. The monoisotopic (exact) mass is 392 g/mol. The van der Waals surface area contributed by atoms with E-state index in [2.05, 4.69) is 47.8 Å². The van der Waals surface area contributed by atoms with Crippen molar-refractivity contribution < 1.29 is 9.59 Å². The molecular weight excluding hydrogens is 380 g/mol. The molecule has 14 heavy (non-hydrogen) atoms. The van der Waals surface area contributed by atoms with Crippen LogP contribution < -0.4 is 0 Å². The summed E-state index contributed by atoms with van der Waals surface area (Å²) in [6.45, 7) is 8.79. The average molecular weight is 395 g/mol. The molecule has 0 aliphatic heterocycles. The van der Waals surface area contributed by atoms with Gasteiger partial charge in [-0.05, 0) is 50.5 Å². The second-order valence-corrected chi connectivity index (χ2v) is 8.46. The SMILES string of the molecule is CC(=O)C(C)(C)Br.CC(C)(Br)C(=O)Br. The molecule has 0 atom stereocenters. The van der Waals surface area contributed by atoms with Crippen molar-refractivity contribution in [3.05, 3.63) is 0 Å². The van der Waals surface area contributed by atoms with Crippen LogP contribution in [-0.2, 0) is 9.59 Å². The Morgan fingerprint density at radius 3 is 1.07 bits per heavy atom. The summed E-state index contributed by atoms with van der Waals surface area (Å²) in [7, 11) is 0. The van der Waals surface area contributed by atoms with E-state index in [1.54, 1.807) is 20.8 Å². The highest BCUT2D eigenvalue weighted by Gasteiger charge is 2.19. The normalized spacial score (nSPS) is 11.4. The van der Waals surface area contributed by atoms with Gasteiger partial charge < -0.3 is 0 Å². The number of Topliss-reactive ketones (excluding diaryl/α,β-unsaturated/α-hetero) is 1. The molecule has 0 heterocycles. The summed E-state index contributed by atoms with van der Waals surface area (Å²) >= 11 is 9.15. The van der Waals surface area contributed by atoms with E-state index in [0.717, 1.165) is 0 Å². The summed E-state index contributed by atoms with van der Waals surface area (Å²) in [4.78, 5) is 20.8. The van der Waals surface area contributed by atoms with Gasteiger partial charge in [0.2, 0.25) is 4.69 Å². The fourth-order valence-corrected chi connectivity index (χ4v) is 0. The van der Waals surface area contributed by atoms with Crippen LogP contribution in [0, 0.1) is 0 Å². The summed E-state index contributed by atoms with van der Waals surface area (Å²) in [5.41, 5.74) is 0. The fraction of sp³-hybridized carbons (Fsp3) is 0.778. The van der Waals surface area contributed by atoms with Crippen molar-refractivity contribution >= 4 is 58.3 Å². The fourth-order valence-electron chi connectivity index (χ4n) is 0. The van der Waals surface area contributed by atoms with E-state index < -0.39 is 4.32 Å². The van der Waals surface area contributed by atoms with Crippen LogP contribution >= 0.6 is 47.8 Å². The van der Waals surface area contributed by atoms with Crippen LogP contribution in [0.5, 0.6) is 0 Å². The minimum absolute atomic E-state index is 0.0278. The number of ketones is 1. The number of alkyl halides is 2. The van der Waals surface area contributed by atoms with Gasteiger partial charge in [0.25, 0.3) is 0 Å². The Hall–Kier alpha value is 0.780. The van der Waals surface area contributed by atoms with Crippen LogP contribution in [0.25, 0.3) is 0 Å². The van der Waals surface area contributed by atoms with Gasteiger partial charge in [-0.25, -0.2) is 0 Å². The van der Waals surface area contributed by atoms with Crippen molar-refractivity contribution in [1.29, 1.82) is 0 Å². The van der Waals surface area contributed by atoms with Gasteiger partial charge in [0.05, 0.1) is 8.65 Å². The summed E-state index contributed by atoms with van der Waals surface area (Å²) in [6.07, 6.45) is 0. The molecule has 0 aliphatic carbocycles. The molecule has 0 aromatic rings. The molecule has 0 unspecified atom stereocenters. The van der Waals surface area contributed by atoms with E-state index in [4.69, 9.17) is 0 Å². The highest BCUT2D eigenvalue weighted by atomic mass is 79.9. The number of carbonyl (C=O) groups excluding carboxylic acids is 2. The summed E-state index contributed by atoms with van der Waals surface area (Å²) < 4.78 is -0.764. The second kappa shape index (κ2) is 6.38. The lowest BCUT2D eigenvalue weighted by Gasteiger charge is -2.08. The molecule has 0 bridgehead atoms. The van der Waals surface area contributed by atoms with Gasteiger partial charge in [-0.15, -0.1) is 0 Å². The smallest absolute Gasteiger partial charge is 0.213 e. The summed E-state index contributed by atoms with van der Waals surface area (Å²) in [6, 6.07) is 0. The van der Waals surface area contributed by atoms with Crippen LogP contribution in [0.15, 0.2) is 0 Å². The number of hydrogen-bond acceptors (Lipinski definition) is 2. The molecule has 84 valence electrons. The Morgan fingerprint density at radius 1 is 0.929 bits per heavy atom. The molecule has 0 fully saturated rings. The Morgan fingerprint density at radius 2 is 1.07 bits per heavy atom. The van der Waals surface area contributed by atoms with E-state index in [1.165, 1.54) is 0 Å². The van der Waals surface area contributed by atoms with Crippen LogP contribution in [0.1, 0.15) is 34.6 Å². The first-order valence-electron chi connectivity index (χ1n) is 3.98. The third-order valence-electron chi connectivity index (χ3n) is 1.30. The maximum absolute atomic E-state index is 10.4. The molecular formula is C9H15Br3O2. The van der Waals surface area contributed by atoms with E-state index in [-0.39, 0.29) is 14.8 Å². The van der Waals surface area contributed by atoms with E-state index in [1.807, 2.05) is 13.8 Å². The highest BCUT2D eigenvalue weighted by molar-refractivity contribution is 9.20. The quantitative estimate of drug-likeness (QED) is 0.527. The molecule has 0 saturated carbocycles. The molecule has 0 spiro atoms. The van der Waals surface area contributed by atoms with Crippen LogP contribution in [0.4, 0.5) is 0 Å². The van der Waals surface area contributed by atoms with Crippen molar-refractivity contribution in [1.82, 2.24) is 0 Å². The van der Waals surface area contributed by atoms with Gasteiger partial charge in [0, 0.05) is 0 Å². The number of halogens is 3. The maximum atomic E-state index is 10.4. The van der Waals surface area contributed by atoms with Crippen molar-refractivity contribution in [3.63, 3.8) is 0 Å². The lowest BCUT2D eigenvalue weighted by atomic mass is 10.1. The molecule has 0 aliphatic rings. The minimum Gasteiger partial charge on any atom is -0.298 e. The standard InChI is InChI=1S/C5H9BrO.C4H6Br2O/c1-4(7)5(2,3)6;1-4(2,6)3(5)7/h1-3H3;1-2H3. The van der Waals surface area contributed by atoms with Crippen molar-refractivity contribution in [2.24, 2.45) is 0 Å². The van der Waals surface area contributed by atoms with Gasteiger partial charge in [-0.3, -0.25) is 9.59 Å². The summed E-state index contributed by atoms with van der Waals surface area (Å²) in [5, 5.41) is 0. The third kappa shape index (κ3) is 10.9. The zero-order valence-electron chi connectivity index (χ0n) is 8.95. The average Bonchev–Trinajstić information content (AvgIpc) is 1.83. The van der Waals surface area contributed by atoms with Crippen molar-refractivity contribution in [3.8, 4) is 0 Å². The Kier molecular flexibility index (Phi) is 7.83. The highest BCUT2D eigenvalue weighted by Crippen LogP contribution is 2.19. The topological polar surface area (TPSA) is 34.1 Å². The number of rotatable bonds is 2. The zero-order chi connectivity index (χ0) is 12.2. The predicted octanol–water partition coefficient (Wildman–Crippen LogP) is 3.83. The predicted molar refractivity (Wildman–Crippen MR) is 70.6 cm³/mol. The Labute approximate surface area is 111 Å². The molecule has 0 radical (unpaired) electrons. The summed E-state index contributed by atoms with van der Waals surface area (Å²) in [5.74, 6) is 0.160. The van der Waals surface area contributed by atoms with Crippen molar-refractivity contribution in [2.75, 3.05) is 0 Å². The zero-order valence-corrected chi connectivity index (χ0v) is 13.7. The van der Waals surface area contributed by atoms with E-state index in [0.29, 0.717) is 0 Å². The number of carbonyl (C=O) groups is 2. The van der Waals surface area contributed by atoms with Crippen LogP contribution in [0.3, 0.4) is 0 Å². The van der Waals surface area contributed by atoms with Crippen LogP contribution in [0.2, 0.25) is 0 Å². The third-order valence-corrected chi connectivity index (χ3v) is 3.75. The molecule has 0 aromatic carbocycles. The Bertz CT molecular complexity index is 187. The number of hydrogen-bond donors (Lipinski definition) is 0. The van der Waals surface area contributed by atoms with Gasteiger partial charge in [-0.1, -0.05) is 31.9 Å². The molecule has 0 amide bonds. The van der Waals surface area contributed by atoms with Gasteiger partial charge >= 0.3 is 0 Å². The molecule has 0 saturated heterocycles. The second-order valence-electron chi connectivity index (χ2n) is 3.77. The lowest BCUT2D eigenvalue weighted by molar-refractivity contribution is -0.118. The van der Waals surface area contributed by atoms with Crippen LogP contribution in [-0.4, -0.2) is 19.1 Å².